The van der Waals surface area contributed by atoms with E-state index in [9.17, 15) is 22.8 Å². The van der Waals surface area contributed by atoms with Gasteiger partial charge in [0.05, 0.1) is 18.1 Å². The molecule has 1 heterocycles. The molecule has 11 heteroatoms. The summed E-state index contributed by atoms with van der Waals surface area (Å²) in [5.41, 5.74) is 4.58. The molecule has 0 aromatic heterocycles. The van der Waals surface area contributed by atoms with E-state index in [1.54, 1.807) is 13.8 Å². The van der Waals surface area contributed by atoms with Gasteiger partial charge in [0.15, 0.2) is 0 Å². The minimum atomic E-state index is -3.75. The molecule has 3 N–H and O–H groups in total. The van der Waals surface area contributed by atoms with Crippen LogP contribution in [0.15, 0.2) is 29.2 Å². The van der Waals surface area contributed by atoms with Gasteiger partial charge in [0.2, 0.25) is 15.9 Å². The first-order valence-corrected chi connectivity index (χ1v) is 10.6. The summed E-state index contributed by atoms with van der Waals surface area (Å²) in [7, 11) is -3.75. The fourth-order valence-corrected chi connectivity index (χ4v) is 4.21. The highest BCUT2D eigenvalue weighted by Gasteiger charge is 2.27. The van der Waals surface area contributed by atoms with Crippen LogP contribution >= 0.6 is 0 Å². The van der Waals surface area contributed by atoms with E-state index in [4.69, 9.17) is 4.74 Å². The first-order chi connectivity index (χ1) is 13.6. The van der Waals surface area contributed by atoms with Crippen LogP contribution in [0.4, 0.5) is 0 Å². The van der Waals surface area contributed by atoms with Crippen molar-refractivity contribution in [1.82, 2.24) is 20.5 Å². The highest BCUT2D eigenvalue weighted by molar-refractivity contribution is 7.89. The van der Waals surface area contributed by atoms with Crippen molar-refractivity contribution in [2.75, 3.05) is 26.3 Å². The number of rotatable bonds is 6. The molecule has 0 saturated carbocycles. The molecule has 160 valence electrons. The van der Waals surface area contributed by atoms with Crippen LogP contribution in [0.1, 0.15) is 31.1 Å². The van der Waals surface area contributed by atoms with Gasteiger partial charge in [-0.05, 0) is 24.1 Å². The molecule has 0 bridgehead atoms. The Morgan fingerprint density at radius 1 is 1.10 bits per heavy atom. The lowest BCUT2D eigenvalue weighted by Crippen LogP contribution is -2.54. The number of hydrazine groups is 1. The van der Waals surface area contributed by atoms with Crippen molar-refractivity contribution in [2.24, 2.45) is 5.92 Å². The normalized spacial score (nSPS) is 16.1. The van der Waals surface area contributed by atoms with Gasteiger partial charge < -0.3 is 10.1 Å². The van der Waals surface area contributed by atoms with Crippen LogP contribution in [0.5, 0.6) is 0 Å². The van der Waals surface area contributed by atoms with Crippen LogP contribution in [0.25, 0.3) is 0 Å². The van der Waals surface area contributed by atoms with Gasteiger partial charge in [-0.1, -0.05) is 19.9 Å². The molecule has 1 aromatic carbocycles. The number of benzene rings is 1. The van der Waals surface area contributed by atoms with Crippen LogP contribution < -0.4 is 16.2 Å². The van der Waals surface area contributed by atoms with Crippen molar-refractivity contribution in [3.8, 4) is 0 Å². The zero-order valence-corrected chi connectivity index (χ0v) is 17.4. The smallest absolute Gasteiger partial charge is 0.269 e. The van der Waals surface area contributed by atoms with Gasteiger partial charge >= 0.3 is 0 Å². The molecule has 3 amide bonds. The molecule has 0 aliphatic carbocycles. The van der Waals surface area contributed by atoms with E-state index in [2.05, 4.69) is 16.2 Å². The summed E-state index contributed by atoms with van der Waals surface area (Å²) in [6, 6.07) is 4.73. The Bertz CT molecular complexity index is 865. The van der Waals surface area contributed by atoms with Crippen LogP contribution in [0, 0.1) is 5.92 Å². The summed E-state index contributed by atoms with van der Waals surface area (Å²) in [6.45, 7) is 5.92. The second-order valence-corrected chi connectivity index (χ2v) is 8.85. The zero-order valence-electron chi connectivity index (χ0n) is 16.6. The molecule has 1 unspecified atom stereocenters. The van der Waals surface area contributed by atoms with Crippen molar-refractivity contribution < 1.29 is 27.5 Å². The Morgan fingerprint density at radius 3 is 2.34 bits per heavy atom. The van der Waals surface area contributed by atoms with E-state index in [1.807, 2.05) is 0 Å². The lowest BCUT2D eigenvalue weighted by Gasteiger charge is -2.26. The lowest BCUT2D eigenvalue weighted by atomic mass is 10.0. The minimum absolute atomic E-state index is 0.0170. The second-order valence-electron chi connectivity index (χ2n) is 6.91. The van der Waals surface area contributed by atoms with Crippen LogP contribution in [-0.2, 0) is 24.3 Å². The predicted molar refractivity (Wildman–Crippen MR) is 104 cm³/mol. The maximum absolute atomic E-state index is 12.7. The van der Waals surface area contributed by atoms with E-state index >= 15 is 0 Å². The van der Waals surface area contributed by atoms with E-state index in [0.717, 1.165) is 0 Å². The summed E-state index contributed by atoms with van der Waals surface area (Å²) in [4.78, 5) is 35.8. The molecule has 1 aliphatic heterocycles. The third kappa shape index (κ3) is 5.99. The Hall–Kier alpha value is -2.50. The van der Waals surface area contributed by atoms with Crippen molar-refractivity contribution in [2.45, 2.75) is 31.7 Å². The third-order valence-electron chi connectivity index (χ3n) is 4.31. The Morgan fingerprint density at radius 2 is 1.76 bits per heavy atom. The second kappa shape index (κ2) is 9.81. The summed E-state index contributed by atoms with van der Waals surface area (Å²) in [5.74, 6) is -1.83. The molecule has 1 atom stereocenters. The van der Waals surface area contributed by atoms with Gasteiger partial charge in [0.1, 0.15) is 6.04 Å². The number of nitrogens with zero attached hydrogens (tertiary/aromatic N) is 1. The predicted octanol–water partition coefficient (Wildman–Crippen LogP) is -0.371. The number of carbonyl (C=O) groups is 3. The van der Waals surface area contributed by atoms with Crippen molar-refractivity contribution in [3.05, 3.63) is 29.8 Å². The standard InChI is InChI=1S/C18H26N4O6S/c1-12(2)16(19-13(3)23)18(25)21-20-17(24)14-5-4-6-15(11-14)29(26,27)22-7-9-28-10-8-22/h4-6,11-12,16H,7-10H2,1-3H3,(H,19,23)(H,20,24)(H,21,25). The maximum Gasteiger partial charge on any atom is 0.269 e. The van der Waals surface area contributed by atoms with Crippen LogP contribution in [0.3, 0.4) is 0 Å². The highest BCUT2D eigenvalue weighted by Crippen LogP contribution is 2.18. The van der Waals surface area contributed by atoms with Gasteiger partial charge in [-0.25, -0.2) is 8.42 Å². The summed E-state index contributed by atoms with van der Waals surface area (Å²) >= 11 is 0. The number of carbonyl (C=O) groups excluding carboxylic acids is 3. The summed E-state index contributed by atoms with van der Waals surface area (Å²) in [6.07, 6.45) is 0. The molecule has 1 fully saturated rings. The molecule has 1 aliphatic rings. The molecule has 1 saturated heterocycles. The zero-order chi connectivity index (χ0) is 21.6. The molecule has 2 rings (SSSR count). The van der Waals surface area contributed by atoms with Crippen molar-refractivity contribution in [1.29, 1.82) is 0 Å². The topological polar surface area (TPSA) is 134 Å². The molecule has 0 radical (unpaired) electrons. The van der Waals surface area contributed by atoms with Gasteiger partial charge in [-0.3, -0.25) is 25.2 Å². The molecule has 29 heavy (non-hydrogen) atoms. The lowest BCUT2D eigenvalue weighted by molar-refractivity contribution is -0.129. The van der Waals surface area contributed by atoms with Gasteiger partial charge in [-0.2, -0.15) is 4.31 Å². The number of hydrogen-bond acceptors (Lipinski definition) is 6. The SMILES string of the molecule is CC(=O)NC(C(=O)NNC(=O)c1cccc(S(=O)(=O)N2CCOCC2)c1)C(C)C. The minimum Gasteiger partial charge on any atom is -0.379 e. The average Bonchev–Trinajstić information content (AvgIpc) is 2.70. The number of sulfonamides is 1. The summed E-state index contributed by atoms with van der Waals surface area (Å²) < 4.78 is 31.9. The molecular weight excluding hydrogens is 400 g/mol. The van der Waals surface area contributed by atoms with Crippen molar-refractivity contribution >= 4 is 27.7 Å². The third-order valence-corrected chi connectivity index (χ3v) is 6.21. The van der Waals surface area contributed by atoms with E-state index in [-0.39, 0.29) is 35.4 Å². The van der Waals surface area contributed by atoms with Crippen LogP contribution in [0.2, 0.25) is 0 Å². The number of nitrogens with one attached hydrogen (secondary N) is 3. The van der Waals surface area contributed by atoms with E-state index in [0.29, 0.717) is 13.2 Å². The van der Waals surface area contributed by atoms with Crippen molar-refractivity contribution in [3.63, 3.8) is 0 Å². The Kier molecular flexibility index (Phi) is 7.71. The van der Waals surface area contributed by atoms with Crippen LogP contribution in [-0.4, -0.2) is 62.8 Å². The molecule has 1 aromatic rings. The monoisotopic (exact) mass is 426 g/mol. The fourth-order valence-electron chi connectivity index (χ4n) is 2.76. The first kappa shape index (κ1) is 22.8. The molecule has 10 nitrogen and oxygen atoms in total. The maximum atomic E-state index is 12.7. The van der Waals surface area contributed by atoms with Gasteiger partial charge in [0, 0.05) is 25.6 Å². The van der Waals surface area contributed by atoms with E-state index in [1.165, 1.54) is 35.5 Å². The Labute approximate surface area is 170 Å². The molecule has 0 spiro atoms. The van der Waals surface area contributed by atoms with Gasteiger partial charge in [0.25, 0.3) is 11.8 Å². The number of hydrogen-bond donors (Lipinski definition) is 3. The quantitative estimate of drug-likeness (QED) is 0.532. The fraction of sp³-hybridized carbons (Fsp3) is 0.500. The number of ether oxygens (including phenoxy) is 1. The molecular formula is C18H26N4O6S. The van der Waals surface area contributed by atoms with Gasteiger partial charge in [-0.15, -0.1) is 0 Å². The summed E-state index contributed by atoms with van der Waals surface area (Å²) in [5, 5.41) is 2.51. The Balaban J connectivity index is 2.07. The first-order valence-electron chi connectivity index (χ1n) is 9.18. The largest absolute Gasteiger partial charge is 0.379 e. The number of morpholine rings is 1. The van der Waals surface area contributed by atoms with E-state index < -0.39 is 27.9 Å². The average molecular weight is 426 g/mol. The number of amides is 3. The highest BCUT2D eigenvalue weighted by atomic mass is 32.2.